The Bertz CT molecular complexity index is 1110. The Morgan fingerprint density at radius 3 is 2.71 bits per heavy atom. The third-order valence-electron chi connectivity index (χ3n) is 5.66. The van der Waals surface area contributed by atoms with Crippen LogP contribution in [-0.4, -0.2) is 31.6 Å². The molecule has 0 saturated carbocycles. The molecule has 1 unspecified atom stereocenters. The van der Waals surface area contributed by atoms with Crippen LogP contribution in [0.3, 0.4) is 0 Å². The van der Waals surface area contributed by atoms with Gasteiger partial charge in [-0.3, -0.25) is 9.59 Å². The molecule has 31 heavy (non-hydrogen) atoms. The van der Waals surface area contributed by atoms with Gasteiger partial charge in [-0.25, -0.2) is 4.39 Å². The van der Waals surface area contributed by atoms with Crippen LogP contribution in [0.1, 0.15) is 22.3 Å². The zero-order valence-electron chi connectivity index (χ0n) is 16.9. The summed E-state index contributed by atoms with van der Waals surface area (Å²) >= 11 is 12.6. The monoisotopic (exact) mass is 458 g/mol. The molecule has 0 fully saturated rings. The summed E-state index contributed by atoms with van der Waals surface area (Å²) in [4.78, 5) is 26.8. The highest BCUT2D eigenvalue weighted by molar-refractivity contribution is 6.33. The van der Waals surface area contributed by atoms with Crippen molar-refractivity contribution in [2.45, 2.75) is 19.0 Å². The van der Waals surface area contributed by atoms with Crippen molar-refractivity contribution in [2.24, 2.45) is 5.92 Å². The highest BCUT2D eigenvalue weighted by atomic mass is 35.5. The van der Waals surface area contributed by atoms with E-state index in [2.05, 4.69) is 5.32 Å². The highest BCUT2D eigenvalue weighted by Gasteiger charge is 2.36. The predicted octanol–water partition coefficient (Wildman–Crippen LogP) is 5.29. The van der Waals surface area contributed by atoms with Gasteiger partial charge in [0, 0.05) is 40.5 Å². The third kappa shape index (κ3) is 4.12. The summed E-state index contributed by atoms with van der Waals surface area (Å²) in [5.74, 6) is -1.55. The Hall–Kier alpha value is -2.63. The number of fused-ring (bicyclic) bond motifs is 1. The van der Waals surface area contributed by atoms with Crippen LogP contribution in [0.2, 0.25) is 5.02 Å². The first kappa shape index (κ1) is 21.6. The molecule has 4 rings (SSSR count). The summed E-state index contributed by atoms with van der Waals surface area (Å²) in [5, 5.41) is 3.35. The fourth-order valence-electron chi connectivity index (χ4n) is 4.07. The maximum atomic E-state index is 14.4. The number of hydrogen-bond donors (Lipinski definition) is 1. The molecule has 0 radical (unpaired) electrons. The number of nitrogens with zero attached hydrogens (tertiary/aromatic N) is 1. The molecular formula is C24H21Cl2FN2O2. The SMILES string of the molecule is CNC(=O)c1ccc(Cl)c(-c2ccc3c(c2)CCCN3C(=O)[C@@H]2C(Cl)=CC=CC2F)c1. The normalized spacial score (nSPS) is 20.1. The van der Waals surface area contributed by atoms with Crippen molar-refractivity contribution in [1.29, 1.82) is 0 Å². The quantitative estimate of drug-likeness (QED) is 0.678. The minimum atomic E-state index is -1.44. The number of benzene rings is 2. The number of hydrogen-bond acceptors (Lipinski definition) is 2. The predicted molar refractivity (Wildman–Crippen MR) is 122 cm³/mol. The van der Waals surface area contributed by atoms with Gasteiger partial charge in [-0.15, -0.1) is 0 Å². The fraction of sp³-hybridized carbons (Fsp3) is 0.250. The number of carbonyl (C=O) groups excluding carboxylic acids is 2. The molecule has 0 spiro atoms. The summed E-state index contributed by atoms with van der Waals surface area (Å²) in [6.45, 7) is 0.509. The van der Waals surface area contributed by atoms with Crippen LogP contribution in [0.25, 0.3) is 11.1 Å². The average Bonchev–Trinajstić information content (AvgIpc) is 2.77. The lowest BCUT2D eigenvalue weighted by Crippen LogP contribution is -2.43. The maximum Gasteiger partial charge on any atom is 0.251 e. The molecule has 2 atom stereocenters. The lowest BCUT2D eigenvalue weighted by atomic mass is 9.92. The number of nitrogens with one attached hydrogen (secondary N) is 1. The average molecular weight is 459 g/mol. The van der Waals surface area contributed by atoms with Gasteiger partial charge in [-0.1, -0.05) is 35.3 Å². The van der Waals surface area contributed by atoms with Gasteiger partial charge in [0.2, 0.25) is 5.91 Å². The topological polar surface area (TPSA) is 49.4 Å². The smallest absolute Gasteiger partial charge is 0.251 e. The largest absolute Gasteiger partial charge is 0.355 e. The molecule has 1 heterocycles. The highest BCUT2D eigenvalue weighted by Crippen LogP contribution is 2.37. The summed E-state index contributed by atoms with van der Waals surface area (Å²) < 4.78 is 14.4. The zero-order chi connectivity index (χ0) is 22.1. The van der Waals surface area contributed by atoms with Gasteiger partial charge in [-0.2, -0.15) is 0 Å². The number of allylic oxidation sites excluding steroid dienone is 3. The molecule has 7 heteroatoms. The van der Waals surface area contributed by atoms with E-state index in [4.69, 9.17) is 23.2 Å². The lowest BCUT2D eigenvalue weighted by Gasteiger charge is -2.33. The molecule has 2 aromatic rings. The second-order valence-corrected chi connectivity index (χ2v) is 8.41. The molecule has 1 N–H and O–H groups in total. The van der Waals surface area contributed by atoms with Crippen LogP contribution in [0.4, 0.5) is 10.1 Å². The lowest BCUT2D eigenvalue weighted by molar-refractivity contribution is -0.122. The van der Waals surface area contributed by atoms with E-state index in [1.807, 2.05) is 18.2 Å². The molecule has 2 aliphatic rings. The number of amides is 2. The summed E-state index contributed by atoms with van der Waals surface area (Å²) in [6, 6.07) is 10.8. The Morgan fingerprint density at radius 1 is 1.16 bits per heavy atom. The van der Waals surface area contributed by atoms with Crippen molar-refractivity contribution >= 4 is 40.7 Å². The fourth-order valence-corrected chi connectivity index (χ4v) is 4.58. The van der Waals surface area contributed by atoms with E-state index in [1.165, 1.54) is 12.2 Å². The number of aryl methyl sites for hydroxylation is 1. The van der Waals surface area contributed by atoms with Gasteiger partial charge in [0.1, 0.15) is 12.1 Å². The van der Waals surface area contributed by atoms with Crippen LogP contribution in [0.5, 0.6) is 0 Å². The van der Waals surface area contributed by atoms with E-state index in [-0.39, 0.29) is 16.8 Å². The molecule has 4 nitrogen and oxygen atoms in total. The van der Waals surface area contributed by atoms with Gasteiger partial charge in [0.25, 0.3) is 5.91 Å². The Morgan fingerprint density at radius 2 is 1.97 bits per heavy atom. The van der Waals surface area contributed by atoms with E-state index in [9.17, 15) is 14.0 Å². The molecule has 1 aliphatic heterocycles. The Kier molecular flexibility index (Phi) is 6.17. The van der Waals surface area contributed by atoms with Crippen molar-refractivity contribution < 1.29 is 14.0 Å². The van der Waals surface area contributed by atoms with E-state index >= 15 is 0 Å². The van der Waals surface area contributed by atoms with Gasteiger partial charge >= 0.3 is 0 Å². The number of rotatable bonds is 3. The van der Waals surface area contributed by atoms with Crippen LogP contribution in [-0.2, 0) is 11.2 Å². The molecule has 2 amide bonds. The van der Waals surface area contributed by atoms with Gasteiger partial charge < -0.3 is 10.2 Å². The molecule has 0 saturated heterocycles. The summed E-state index contributed by atoms with van der Waals surface area (Å²) in [6.07, 6.45) is 4.55. The first-order chi connectivity index (χ1) is 14.9. The third-order valence-corrected chi connectivity index (χ3v) is 6.35. The standard InChI is InChI=1S/C24H21Cl2FN2O2/c1-28-23(30)16-7-9-18(25)17(13-16)14-8-10-21-15(12-14)4-3-11-29(21)24(31)22-19(26)5-2-6-20(22)27/h2,5-10,12-13,20,22H,3-4,11H2,1H3,(H,28,30)/t20?,22-/m1/s1. The molecule has 0 aromatic heterocycles. The maximum absolute atomic E-state index is 14.4. The Balaban J connectivity index is 1.69. The first-order valence-corrected chi connectivity index (χ1v) is 10.8. The molecule has 2 aromatic carbocycles. The van der Waals surface area contributed by atoms with Crippen molar-refractivity contribution in [3.8, 4) is 11.1 Å². The van der Waals surface area contributed by atoms with Gasteiger partial charge in [0.15, 0.2) is 0 Å². The van der Waals surface area contributed by atoms with E-state index < -0.39 is 12.1 Å². The minimum absolute atomic E-state index is 0.195. The molecule has 1 aliphatic carbocycles. The number of alkyl halides is 1. The van der Waals surface area contributed by atoms with E-state index in [0.29, 0.717) is 17.1 Å². The van der Waals surface area contributed by atoms with E-state index in [0.717, 1.165) is 35.2 Å². The van der Waals surface area contributed by atoms with Gasteiger partial charge in [-0.05, 0) is 66.5 Å². The molecule has 160 valence electrons. The van der Waals surface area contributed by atoms with Crippen molar-refractivity contribution in [3.05, 3.63) is 75.8 Å². The molecular weight excluding hydrogens is 438 g/mol. The van der Waals surface area contributed by atoms with Crippen molar-refractivity contribution in [2.75, 3.05) is 18.5 Å². The van der Waals surface area contributed by atoms with Crippen molar-refractivity contribution in [3.63, 3.8) is 0 Å². The van der Waals surface area contributed by atoms with Crippen LogP contribution >= 0.6 is 23.2 Å². The first-order valence-electron chi connectivity index (χ1n) is 10.0. The van der Waals surface area contributed by atoms with Crippen LogP contribution in [0, 0.1) is 5.92 Å². The summed E-state index contributed by atoms with van der Waals surface area (Å²) in [7, 11) is 1.58. The van der Waals surface area contributed by atoms with Crippen LogP contribution < -0.4 is 10.2 Å². The van der Waals surface area contributed by atoms with Crippen LogP contribution in [0.15, 0.2) is 59.7 Å². The number of carbonyl (C=O) groups is 2. The minimum Gasteiger partial charge on any atom is -0.355 e. The molecule has 0 bridgehead atoms. The van der Waals surface area contributed by atoms with Crippen molar-refractivity contribution in [1.82, 2.24) is 5.32 Å². The number of halogens is 3. The summed E-state index contributed by atoms with van der Waals surface area (Å²) in [5.41, 5.74) is 3.83. The second-order valence-electron chi connectivity index (χ2n) is 7.57. The number of anilines is 1. The second kappa shape index (κ2) is 8.85. The zero-order valence-corrected chi connectivity index (χ0v) is 18.4. The Labute approximate surface area is 190 Å². The van der Waals surface area contributed by atoms with E-state index in [1.54, 1.807) is 36.2 Å². The van der Waals surface area contributed by atoms with Gasteiger partial charge in [0.05, 0.1) is 0 Å².